The molecule has 0 spiro atoms. The zero-order valence-electron chi connectivity index (χ0n) is 13.2. The van der Waals surface area contributed by atoms with E-state index >= 15 is 0 Å². The minimum absolute atomic E-state index is 0.134. The highest BCUT2D eigenvalue weighted by Crippen LogP contribution is 2.30. The fourth-order valence-electron chi connectivity index (χ4n) is 2.31. The molecule has 0 aliphatic carbocycles. The first kappa shape index (κ1) is 16.1. The van der Waals surface area contributed by atoms with Gasteiger partial charge in [0.2, 0.25) is 0 Å². The normalized spacial score (nSPS) is 10.6. The van der Waals surface area contributed by atoms with Gasteiger partial charge in [0, 0.05) is 16.3 Å². The van der Waals surface area contributed by atoms with Crippen LogP contribution in [0.1, 0.15) is 21.6 Å². The van der Waals surface area contributed by atoms with Crippen molar-refractivity contribution in [1.29, 1.82) is 0 Å². The summed E-state index contributed by atoms with van der Waals surface area (Å²) in [6.07, 6.45) is 0. The van der Waals surface area contributed by atoms with Crippen molar-refractivity contribution in [3.63, 3.8) is 0 Å². The van der Waals surface area contributed by atoms with Crippen molar-refractivity contribution < 1.29 is 9.90 Å². The molecule has 0 saturated heterocycles. The second kappa shape index (κ2) is 6.37. The SMILES string of the molecule is Cc1cc(O)c(-c2cc(C(=O)Nc3ccc(Cl)cc3)[nH]n2)cc1C. The number of hydrogen-bond donors (Lipinski definition) is 3. The van der Waals surface area contributed by atoms with Crippen molar-refractivity contribution >= 4 is 23.2 Å². The number of nitrogens with zero attached hydrogens (tertiary/aromatic N) is 1. The topological polar surface area (TPSA) is 78.0 Å². The number of carbonyl (C=O) groups is 1. The number of aromatic nitrogens is 2. The van der Waals surface area contributed by atoms with Crippen LogP contribution in [0.3, 0.4) is 0 Å². The Bertz CT molecular complexity index is 901. The lowest BCUT2D eigenvalue weighted by molar-refractivity contribution is 0.102. The van der Waals surface area contributed by atoms with Crippen LogP contribution in [0.4, 0.5) is 5.69 Å². The second-order valence-electron chi connectivity index (χ2n) is 5.58. The van der Waals surface area contributed by atoms with Crippen LogP contribution >= 0.6 is 11.6 Å². The van der Waals surface area contributed by atoms with Gasteiger partial charge in [-0.1, -0.05) is 11.6 Å². The van der Waals surface area contributed by atoms with E-state index in [4.69, 9.17) is 11.6 Å². The predicted molar refractivity (Wildman–Crippen MR) is 94.6 cm³/mol. The maximum Gasteiger partial charge on any atom is 0.273 e. The summed E-state index contributed by atoms with van der Waals surface area (Å²) in [5.41, 5.74) is 4.06. The van der Waals surface area contributed by atoms with Gasteiger partial charge in [0.15, 0.2) is 0 Å². The molecule has 0 unspecified atom stereocenters. The largest absolute Gasteiger partial charge is 0.507 e. The molecule has 0 fully saturated rings. The van der Waals surface area contributed by atoms with E-state index in [1.54, 1.807) is 36.4 Å². The molecule has 1 heterocycles. The van der Waals surface area contributed by atoms with Crippen LogP contribution in [-0.4, -0.2) is 21.2 Å². The minimum Gasteiger partial charge on any atom is -0.507 e. The zero-order valence-corrected chi connectivity index (χ0v) is 14.0. The summed E-state index contributed by atoms with van der Waals surface area (Å²) in [5, 5.41) is 20.3. The molecule has 0 bridgehead atoms. The Labute approximate surface area is 144 Å². The third-order valence-corrected chi connectivity index (χ3v) is 4.06. The van der Waals surface area contributed by atoms with E-state index < -0.39 is 0 Å². The monoisotopic (exact) mass is 341 g/mol. The van der Waals surface area contributed by atoms with Gasteiger partial charge in [0.25, 0.3) is 5.91 Å². The van der Waals surface area contributed by atoms with Gasteiger partial charge in [-0.05, 0) is 67.4 Å². The van der Waals surface area contributed by atoms with Crippen molar-refractivity contribution in [1.82, 2.24) is 10.2 Å². The van der Waals surface area contributed by atoms with E-state index in [9.17, 15) is 9.90 Å². The molecule has 0 aliphatic heterocycles. The molecule has 1 amide bonds. The number of phenols is 1. The fourth-order valence-corrected chi connectivity index (χ4v) is 2.44. The van der Waals surface area contributed by atoms with E-state index in [1.165, 1.54) is 0 Å². The summed E-state index contributed by atoms with van der Waals surface area (Å²) in [6, 6.07) is 12.0. The molecule has 0 aliphatic rings. The molecular weight excluding hydrogens is 326 g/mol. The number of anilines is 1. The highest BCUT2D eigenvalue weighted by atomic mass is 35.5. The summed E-state index contributed by atoms with van der Waals surface area (Å²) < 4.78 is 0. The summed E-state index contributed by atoms with van der Waals surface area (Å²) >= 11 is 5.82. The number of carbonyl (C=O) groups excluding carboxylic acids is 1. The van der Waals surface area contributed by atoms with Gasteiger partial charge < -0.3 is 10.4 Å². The number of hydrogen-bond acceptors (Lipinski definition) is 3. The second-order valence-corrected chi connectivity index (χ2v) is 6.02. The highest BCUT2D eigenvalue weighted by Gasteiger charge is 2.14. The van der Waals surface area contributed by atoms with Gasteiger partial charge in [0.1, 0.15) is 11.4 Å². The molecule has 0 radical (unpaired) electrons. The van der Waals surface area contributed by atoms with E-state index in [1.807, 2.05) is 19.9 Å². The molecule has 0 saturated carbocycles. The van der Waals surface area contributed by atoms with Gasteiger partial charge in [-0.15, -0.1) is 0 Å². The Morgan fingerprint density at radius 2 is 1.79 bits per heavy atom. The van der Waals surface area contributed by atoms with E-state index in [-0.39, 0.29) is 11.7 Å². The van der Waals surface area contributed by atoms with Crippen LogP contribution in [0.5, 0.6) is 5.75 Å². The Balaban J connectivity index is 1.84. The number of benzene rings is 2. The summed E-state index contributed by atoms with van der Waals surface area (Å²) in [5.74, 6) is -0.186. The van der Waals surface area contributed by atoms with Crippen LogP contribution in [0.15, 0.2) is 42.5 Å². The average Bonchev–Trinajstić information content (AvgIpc) is 3.03. The first-order chi connectivity index (χ1) is 11.4. The maximum absolute atomic E-state index is 12.3. The quantitative estimate of drug-likeness (QED) is 0.664. The number of nitrogens with one attached hydrogen (secondary N) is 2. The number of amides is 1. The van der Waals surface area contributed by atoms with Gasteiger partial charge >= 0.3 is 0 Å². The van der Waals surface area contributed by atoms with Crippen LogP contribution in [0.2, 0.25) is 5.02 Å². The average molecular weight is 342 g/mol. The highest BCUT2D eigenvalue weighted by molar-refractivity contribution is 6.30. The van der Waals surface area contributed by atoms with Crippen molar-refractivity contribution in [2.45, 2.75) is 13.8 Å². The summed E-state index contributed by atoms with van der Waals surface area (Å²) in [7, 11) is 0. The first-order valence-corrected chi connectivity index (χ1v) is 7.75. The zero-order chi connectivity index (χ0) is 17.3. The van der Waals surface area contributed by atoms with Crippen molar-refractivity contribution in [3.05, 3.63) is 64.3 Å². The molecular formula is C18H16ClN3O2. The first-order valence-electron chi connectivity index (χ1n) is 7.37. The Morgan fingerprint density at radius 1 is 1.12 bits per heavy atom. The number of halogens is 1. The van der Waals surface area contributed by atoms with Crippen LogP contribution in [-0.2, 0) is 0 Å². The van der Waals surface area contributed by atoms with Crippen LogP contribution in [0.25, 0.3) is 11.3 Å². The third kappa shape index (κ3) is 3.26. The van der Waals surface area contributed by atoms with Gasteiger partial charge in [-0.3, -0.25) is 9.89 Å². The Morgan fingerprint density at radius 3 is 2.50 bits per heavy atom. The lowest BCUT2D eigenvalue weighted by Gasteiger charge is -2.06. The molecule has 24 heavy (non-hydrogen) atoms. The number of aromatic hydroxyl groups is 1. The summed E-state index contributed by atoms with van der Waals surface area (Å²) in [6.45, 7) is 3.88. The minimum atomic E-state index is -0.320. The van der Waals surface area contributed by atoms with E-state index in [2.05, 4.69) is 15.5 Å². The lowest BCUT2D eigenvalue weighted by atomic mass is 10.0. The third-order valence-electron chi connectivity index (χ3n) is 3.81. The molecule has 1 aromatic heterocycles. The lowest BCUT2D eigenvalue weighted by Crippen LogP contribution is -2.12. The Kier molecular flexibility index (Phi) is 4.27. The number of H-pyrrole nitrogens is 1. The smallest absolute Gasteiger partial charge is 0.273 e. The van der Waals surface area contributed by atoms with Crippen molar-refractivity contribution in [3.8, 4) is 17.0 Å². The van der Waals surface area contributed by atoms with Crippen molar-refractivity contribution in [2.24, 2.45) is 0 Å². The van der Waals surface area contributed by atoms with Crippen LogP contribution in [0, 0.1) is 13.8 Å². The number of rotatable bonds is 3. The van der Waals surface area contributed by atoms with Crippen molar-refractivity contribution in [2.75, 3.05) is 5.32 Å². The van der Waals surface area contributed by atoms with E-state index in [0.29, 0.717) is 27.7 Å². The molecule has 2 aromatic carbocycles. The Hall–Kier alpha value is -2.79. The number of aryl methyl sites for hydroxylation is 2. The van der Waals surface area contributed by atoms with Gasteiger partial charge in [0.05, 0.1) is 5.69 Å². The van der Waals surface area contributed by atoms with Crippen LogP contribution < -0.4 is 5.32 Å². The standard InChI is InChI=1S/C18H16ClN3O2/c1-10-7-14(17(23)8-11(10)2)15-9-16(22-21-15)18(24)20-13-5-3-12(19)4-6-13/h3-9,23H,1-2H3,(H,20,24)(H,21,22). The van der Waals surface area contributed by atoms with E-state index in [0.717, 1.165) is 11.1 Å². The summed E-state index contributed by atoms with van der Waals surface area (Å²) in [4.78, 5) is 12.3. The fraction of sp³-hybridized carbons (Fsp3) is 0.111. The number of aromatic amines is 1. The number of phenolic OH excluding ortho intramolecular Hbond substituents is 1. The predicted octanol–water partition coefficient (Wildman–Crippen LogP) is 4.30. The maximum atomic E-state index is 12.3. The molecule has 3 aromatic rings. The molecule has 3 rings (SSSR count). The van der Waals surface area contributed by atoms with Gasteiger partial charge in [-0.25, -0.2) is 0 Å². The molecule has 3 N–H and O–H groups in total. The molecule has 122 valence electrons. The molecule has 6 heteroatoms. The molecule has 0 atom stereocenters. The van der Waals surface area contributed by atoms with Gasteiger partial charge in [-0.2, -0.15) is 5.10 Å². The molecule has 5 nitrogen and oxygen atoms in total.